The van der Waals surface area contributed by atoms with Crippen LogP contribution in [-0.4, -0.2) is 81.6 Å². The number of nitrogens with one attached hydrogen (secondary N) is 5. The van der Waals surface area contributed by atoms with E-state index in [2.05, 4.69) is 36.1 Å². The summed E-state index contributed by atoms with van der Waals surface area (Å²) >= 11 is 0. The number of aromatic amines is 1. The first-order valence-corrected chi connectivity index (χ1v) is 14.0. The van der Waals surface area contributed by atoms with Crippen molar-refractivity contribution in [3.05, 3.63) is 18.2 Å². The minimum absolute atomic E-state index is 0.00622. The van der Waals surface area contributed by atoms with Gasteiger partial charge in [-0.05, 0) is 18.3 Å². The molecule has 1 unspecified atom stereocenters. The summed E-state index contributed by atoms with van der Waals surface area (Å²) in [6, 6.07) is -1.88. The minimum Gasteiger partial charge on any atom is -0.348 e. The molecule has 0 aliphatic carbocycles. The lowest BCUT2D eigenvalue weighted by Crippen LogP contribution is -2.57. The Bertz CT molecular complexity index is 1120. The first kappa shape index (κ1) is 33.9. The molecule has 15 heteroatoms. The van der Waals surface area contributed by atoms with Gasteiger partial charge in [0.15, 0.2) is 0 Å². The lowest BCUT2D eigenvalue weighted by molar-refractivity contribution is -0.196. The van der Waals surface area contributed by atoms with Crippen LogP contribution in [0.25, 0.3) is 0 Å². The third-order valence-corrected chi connectivity index (χ3v) is 6.71. The predicted molar refractivity (Wildman–Crippen MR) is 147 cm³/mol. The summed E-state index contributed by atoms with van der Waals surface area (Å²) < 4.78 is 0. The Morgan fingerprint density at radius 1 is 0.952 bits per heavy atom. The molecule has 1 aliphatic rings. The van der Waals surface area contributed by atoms with E-state index in [4.69, 9.17) is 0 Å². The molecular formula is C27H41N7O8. The van der Waals surface area contributed by atoms with Gasteiger partial charge < -0.3 is 31.1 Å². The summed E-state index contributed by atoms with van der Waals surface area (Å²) in [7, 11) is 0. The van der Waals surface area contributed by atoms with E-state index in [0.717, 1.165) is 5.69 Å². The second-order valence-electron chi connectivity index (χ2n) is 10.8. The molecular weight excluding hydrogens is 550 g/mol. The molecule has 232 valence electrons. The SMILES string of the molecule is CC[C@@H](C)C(NC(=O)[C@@H](C)Cc1cnc[nH]1)C(=O)N[C@@H](CC(C)C)C(=O)NCC(=O)NCC(=O)ON1C(=O)CCC1=O. The second kappa shape index (κ2) is 16.2. The highest BCUT2D eigenvalue weighted by Crippen LogP contribution is 2.14. The van der Waals surface area contributed by atoms with Crippen LogP contribution in [0, 0.1) is 17.8 Å². The van der Waals surface area contributed by atoms with Gasteiger partial charge in [0.1, 0.15) is 18.6 Å². The Kier molecular flexibility index (Phi) is 13.1. The van der Waals surface area contributed by atoms with E-state index < -0.39 is 66.6 Å². The fourth-order valence-corrected chi connectivity index (χ4v) is 4.10. The molecule has 1 saturated heterocycles. The third-order valence-electron chi connectivity index (χ3n) is 6.71. The van der Waals surface area contributed by atoms with E-state index in [1.807, 2.05) is 27.7 Å². The number of hydroxylamine groups is 2. The van der Waals surface area contributed by atoms with Crippen molar-refractivity contribution in [2.45, 2.75) is 78.8 Å². The van der Waals surface area contributed by atoms with Crippen molar-refractivity contribution in [3.8, 4) is 0 Å². The molecule has 1 aliphatic heterocycles. The largest absolute Gasteiger partial charge is 0.352 e. The molecule has 0 saturated carbocycles. The monoisotopic (exact) mass is 591 g/mol. The van der Waals surface area contributed by atoms with Crippen molar-refractivity contribution in [2.24, 2.45) is 17.8 Å². The molecule has 5 N–H and O–H groups in total. The van der Waals surface area contributed by atoms with Crippen molar-refractivity contribution in [2.75, 3.05) is 13.1 Å². The zero-order valence-corrected chi connectivity index (χ0v) is 24.7. The van der Waals surface area contributed by atoms with E-state index in [1.165, 1.54) is 6.33 Å². The number of carbonyl (C=O) groups excluding carboxylic acids is 7. The van der Waals surface area contributed by atoms with Crippen LogP contribution in [0.3, 0.4) is 0 Å². The molecule has 0 spiro atoms. The van der Waals surface area contributed by atoms with Gasteiger partial charge in [-0.2, -0.15) is 0 Å². The number of carbonyl (C=O) groups is 7. The number of hydrogen-bond donors (Lipinski definition) is 5. The molecule has 1 fully saturated rings. The van der Waals surface area contributed by atoms with Crippen molar-refractivity contribution in [1.29, 1.82) is 0 Å². The van der Waals surface area contributed by atoms with E-state index in [0.29, 0.717) is 17.9 Å². The van der Waals surface area contributed by atoms with Gasteiger partial charge >= 0.3 is 5.97 Å². The number of imidazole rings is 1. The number of imide groups is 1. The van der Waals surface area contributed by atoms with Crippen LogP contribution in [0.5, 0.6) is 0 Å². The van der Waals surface area contributed by atoms with Crippen LogP contribution in [0.2, 0.25) is 0 Å². The number of amides is 6. The molecule has 1 aromatic heterocycles. The molecule has 4 atom stereocenters. The summed E-state index contributed by atoms with van der Waals surface area (Å²) in [5, 5.41) is 10.6. The molecule has 2 rings (SSSR count). The Hall–Kier alpha value is -4.30. The van der Waals surface area contributed by atoms with Crippen LogP contribution in [0.1, 0.15) is 66.0 Å². The number of hydrogen-bond acceptors (Lipinski definition) is 9. The average Bonchev–Trinajstić information content (AvgIpc) is 3.57. The lowest BCUT2D eigenvalue weighted by atomic mass is 9.95. The molecule has 0 aromatic carbocycles. The maximum atomic E-state index is 13.3. The summed E-state index contributed by atoms with van der Waals surface area (Å²) in [6.45, 7) is 8.05. The summed E-state index contributed by atoms with van der Waals surface area (Å²) in [5.74, 6) is -5.18. The highest BCUT2D eigenvalue weighted by molar-refractivity contribution is 6.01. The van der Waals surface area contributed by atoms with Gasteiger partial charge in [0.05, 0.1) is 12.9 Å². The van der Waals surface area contributed by atoms with E-state index >= 15 is 0 Å². The molecule has 6 amide bonds. The first-order chi connectivity index (χ1) is 19.8. The quantitative estimate of drug-likeness (QED) is 0.157. The standard InChI is InChI=1S/C27H41N7O8/c1-6-16(4)24(33-25(39)17(5)10-18-11-28-14-31-18)27(41)32-19(9-15(2)3)26(40)30-12-20(35)29-13-23(38)42-34-21(36)7-8-22(34)37/h11,14-17,19,24H,6-10,12-13H2,1-5H3,(H,28,31)(H,29,35)(H,30,40)(H,32,41)(H,33,39)/t16-,17+,19+,24?/m1/s1. The van der Waals surface area contributed by atoms with Crippen molar-refractivity contribution < 1.29 is 38.4 Å². The van der Waals surface area contributed by atoms with E-state index in [9.17, 15) is 33.6 Å². The lowest BCUT2D eigenvalue weighted by Gasteiger charge is -2.28. The van der Waals surface area contributed by atoms with Crippen molar-refractivity contribution in [1.82, 2.24) is 36.3 Å². The van der Waals surface area contributed by atoms with Gasteiger partial charge in [0, 0.05) is 37.1 Å². The van der Waals surface area contributed by atoms with Gasteiger partial charge in [-0.3, -0.25) is 28.8 Å². The van der Waals surface area contributed by atoms with Gasteiger partial charge in [0.2, 0.25) is 23.6 Å². The van der Waals surface area contributed by atoms with Crippen LogP contribution < -0.4 is 21.3 Å². The Labute approximate surface area is 244 Å². The Morgan fingerprint density at radius 2 is 1.62 bits per heavy atom. The fraction of sp³-hybridized carbons (Fsp3) is 0.630. The number of nitrogens with zero attached hydrogens (tertiary/aromatic N) is 2. The highest BCUT2D eigenvalue weighted by atomic mass is 16.7. The van der Waals surface area contributed by atoms with Crippen LogP contribution >= 0.6 is 0 Å². The molecule has 42 heavy (non-hydrogen) atoms. The number of aromatic nitrogens is 2. The van der Waals surface area contributed by atoms with Crippen LogP contribution in [0.4, 0.5) is 0 Å². The topological polar surface area (TPSA) is 209 Å². The molecule has 1 aromatic rings. The number of H-pyrrole nitrogens is 1. The van der Waals surface area contributed by atoms with Gasteiger partial charge in [-0.1, -0.05) is 41.0 Å². The molecule has 2 heterocycles. The van der Waals surface area contributed by atoms with Gasteiger partial charge in [-0.25, -0.2) is 9.78 Å². The van der Waals surface area contributed by atoms with E-state index in [1.54, 1.807) is 13.1 Å². The summed E-state index contributed by atoms with van der Waals surface area (Å²) in [5.41, 5.74) is 0.786. The fourth-order valence-electron chi connectivity index (χ4n) is 4.10. The average molecular weight is 592 g/mol. The van der Waals surface area contributed by atoms with Gasteiger partial charge in [-0.15, -0.1) is 5.06 Å². The summed E-state index contributed by atoms with van der Waals surface area (Å²) in [6.07, 6.45) is 4.30. The van der Waals surface area contributed by atoms with Crippen LogP contribution in [-0.2, 0) is 44.8 Å². The number of rotatable bonds is 16. The molecule has 0 bridgehead atoms. The third kappa shape index (κ3) is 10.6. The maximum absolute atomic E-state index is 13.3. The first-order valence-electron chi connectivity index (χ1n) is 14.0. The Balaban J connectivity index is 1.92. The predicted octanol–water partition coefficient (Wildman–Crippen LogP) is -0.510. The highest BCUT2D eigenvalue weighted by Gasteiger charge is 2.33. The smallest absolute Gasteiger partial charge is 0.348 e. The Morgan fingerprint density at radius 3 is 2.19 bits per heavy atom. The van der Waals surface area contributed by atoms with E-state index in [-0.39, 0.29) is 37.0 Å². The minimum atomic E-state index is -1.03. The molecule has 0 radical (unpaired) electrons. The maximum Gasteiger partial charge on any atom is 0.352 e. The van der Waals surface area contributed by atoms with Crippen LogP contribution in [0.15, 0.2) is 12.5 Å². The second-order valence-corrected chi connectivity index (χ2v) is 10.8. The van der Waals surface area contributed by atoms with Crippen molar-refractivity contribution >= 4 is 41.4 Å². The van der Waals surface area contributed by atoms with Gasteiger partial charge in [0.25, 0.3) is 11.8 Å². The normalized spacial score (nSPS) is 15.9. The zero-order valence-electron chi connectivity index (χ0n) is 24.7. The zero-order chi connectivity index (χ0) is 31.4. The summed E-state index contributed by atoms with van der Waals surface area (Å²) in [4.78, 5) is 97.9. The molecule has 15 nitrogen and oxygen atoms in total. The van der Waals surface area contributed by atoms with Crippen molar-refractivity contribution in [3.63, 3.8) is 0 Å².